The Kier molecular flexibility index (Phi) is 6.54. The van der Waals surface area contributed by atoms with Gasteiger partial charge >= 0.3 is 0 Å². The molecule has 0 aromatic heterocycles. The van der Waals surface area contributed by atoms with Gasteiger partial charge in [-0.3, -0.25) is 4.72 Å². The largest absolute Gasteiger partial charge is 0.317 e. The van der Waals surface area contributed by atoms with Crippen LogP contribution in [0.3, 0.4) is 0 Å². The van der Waals surface area contributed by atoms with Crippen LogP contribution < -0.4 is 10.0 Å². The van der Waals surface area contributed by atoms with Crippen LogP contribution >= 0.6 is 11.6 Å². The van der Waals surface area contributed by atoms with E-state index in [0.29, 0.717) is 6.42 Å². The number of nitrogens with one attached hydrogen (secondary N) is 2. The number of sulfonamides is 1. The normalized spacial score (nSPS) is 11.5. The molecular formula is C12H18ClFN2O2S. The van der Waals surface area contributed by atoms with E-state index in [1.165, 1.54) is 18.2 Å². The quantitative estimate of drug-likeness (QED) is 0.726. The van der Waals surface area contributed by atoms with Crippen LogP contribution in [0, 0.1) is 5.82 Å². The maximum Gasteiger partial charge on any atom is 0.232 e. The van der Waals surface area contributed by atoms with E-state index >= 15 is 0 Å². The number of halogens is 2. The molecule has 0 atom stereocenters. The lowest BCUT2D eigenvalue weighted by molar-refractivity contribution is 0.591. The Labute approximate surface area is 118 Å². The van der Waals surface area contributed by atoms with Gasteiger partial charge in [0.25, 0.3) is 0 Å². The van der Waals surface area contributed by atoms with Gasteiger partial charge in [-0.1, -0.05) is 24.6 Å². The second-order valence-corrected chi connectivity index (χ2v) is 6.33. The van der Waals surface area contributed by atoms with E-state index in [9.17, 15) is 12.8 Å². The first kappa shape index (κ1) is 16.2. The van der Waals surface area contributed by atoms with Crippen LogP contribution in [-0.2, 0) is 10.0 Å². The van der Waals surface area contributed by atoms with E-state index in [2.05, 4.69) is 10.0 Å². The van der Waals surface area contributed by atoms with Gasteiger partial charge in [0, 0.05) is 0 Å². The Hall–Kier alpha value is -0.850. The lowest BCUT2D eigenvalue weighted by Gasteiger charge is -2.09. The lowest BCUT2D eigenvalue weighted by atomic mass is 10.3. The van der Waals surface area contributed by atoms with Crippen LogP contribution in [0.15, 0.2) is 18.2 Å². The molecule has 7 heteroatoms. The second kappa shape index (κ2) is 7.67. The standard InChI is InChI=1S/C12H18ClFN2O2S/c1-2-15-8-3-4-9-19(17,18)16-11-7-5-6-10(13)12(11)14/h5-7,15-16H,2-4,8-9H2,1H3. The lowest BCUT2D eigenvalue weighted by Crippen LogP contribution is -2.19. The summed E-state index contributed by atoms with van der Waals surface area (Å²) >= 11 is 5.59. The molecule has 2 N–H and O–H groups in total. The highest BCUT2D eigenvalue weighted by Crippen LogP contribution is 2.22. The van der Waals surface area contributed by atoms with Crippen molar-refractivity contribution in [3.05, 3.63) is 29.0 Å². The third-order valence-corrected chi connectivity index (χ3v) is 4.13. The van der Waals surface area contributed by atoms with Crippen LogP contribution in [0.4, 0.5) is 10.1 Å². The van der Waals surface area contributed by atoms with Crippen molar-refractivity contribution in [3.63, 3.8) is 0 Å². The van der Waals surface area contributed by atoms with E-state index in [1.807, 2.05) is 6.92 Å². The zero-order valence-corrected chi connectivity index (χ0v) is 12.3. The van der Waals surface area contributed by atoms with Crippen LogP contribution in [-0.4, -0.2) is 27.3 Å². The first-order chi connectivity index (χ1) is 8.96. The van der Waals surface area contributed by atoms with Gasteiger partial charge in [-0.15, -0.1) is 0 Å². The van der Waals surface area contributed by atoms with Crippen molar-refractivity contribution in [3.8, 4) is 0 Å². The van der Waals surface area contributed by atoms with Crippen LogP contribution in [0.2, 0.25) is 5.02 Å². The third kappa shape index (κ3) is 5.76. The van der Waals surface area contributed by atoms with E-state index in [1.54, 1.807) is 0 Å². The molecule has 1 rings (SSSR count). The van der Waals surface area contributed by atoms with Gasteiger partial charge in [0.15, 0.2) is 5.82 Å². The van der Waals surface area contributed by atoms with E-state index < -0.39 is 15.8 Å². The number of anilines is 1. The number of rotatable bonds is 8. The summed E-state index contributed by atoms with van der Waals surface area (Å²) in [5.74, 6) is -0.787. The summed E-state index contributed by atoms with van der Waals surface area (Å²) in [5, 5.41) is 3.00. The average molecular weight is 309 g/mol. The van der Waals surface area contributed by atoms with Gasteiger partial charge in [0.05, 0.1) is 16.5 Å². The molecule has 0 bridgehead atoms. The molecule has 4 nitrogen and oxygen atoms in total. The fourth-order valence-electron chi connectivity index (χ4n) is 1.52. The molecule has 19 heavy (non-hydrogen) atoms. The minimum atomic E-state index is -3.54. The summed E-state index contributed by atoms with van der Waals surface area (Å²) in [4.78, 5) is 0. The second-order valence-electron chi connectivity index (χ2n) is 4.08. The molecule has 108 valence electrons. The molecule has 0 aliphatic rings. The smallest absolute Gasteiger partial charge is 0.232 e. The van der Waals surface area contributed by atoms with Crippen molar-refractivity contribution in [1.29, 1.82) is 0 Å². The maximum atomic E-state index is 13.6. The average Bonchev–Trinajstić information content (AvgIpc) is 2.34. The summed E-state index contributed by atoms with van der Waals surface area (Å²) < 4.78 is 39.3. The molecule has 1 aromatic carbocycles. The van der Waals surface area contributed by atoms with Crippen molar-refractivity contribution in [2.75, 3.05) is 23.6 Å². The fraction of sp³-hybridized carbons (Fsp3) is 0.500. The number of benzene rings is 1. The van der Waals surface area contributed by atoms with E-state index in [0.717, 1.165) is 19.5 Å². The molecule has 0 radical (unpaired) electrons. The predicted molar refractivity (Wildman–Crippen MR) is 76.6 cm³/mol. The Morgan fingerprint density at radius 2 is 2.05 bits per heavy atom. The Morgan fingerprint density at radius 3 is 2.74 bits per heavy atom. The zero-order chi connectivity index (χ0) is 14.3. The first-order valence-corrected chi connectivity index (χ1v) is 8.14. The zero-order valence-electron chi connectivity index (χ0n) is 10.7. The third-order valence-electron chi connectivity index (χ3n) is 2.48. The van der Waals surface area contributed by atoms with Gasteiger partial charge in [0.2, 0.25) is 10.0 Å². The minimum Gasteiger partial charge on any atom is -0.317 e. The number of unbranched alkanes of at least 4 members (excludes halogenated alkanes) is 1. The van der Waals surface area contributed by atoms with Gasteiger partial charge in [-0.25, -0.2) is 12.8 Å². The van der Waals surface area contributed by atoms with E-state index in [-0.39, 0.29) is 16.5 Å². The predicted octanol–water partition coefficient (Wildman–Crippen LogP) is 2.61. The van der Waals surface area contributed by atoms with Crippen molar-refractivity contribution in [1.82, 2.24) is 5.32 Å². The van der Waals surface area contributed by atoms with E-state index in [4.69, 9.17) is 11.6 Å². The summed E-state index contributed by atoms with van der Waals surface area (Å²) in [6.07, 6.45) is 1.28. The first-order valence-electron chi connectivity index (χ1n) is 6.11. The van der Waals surface area contributed by atoms with Gasteiger partial charge < -0.3 is 5.32 Å². The molecule has 0 aliphatic heterocycles. The Morgan fingerprint density at radius 1 is 1.32 bits per heavy atom. The van der Waals surface area contributed by atoms with Crippen molar-refractivity contribution >= 4 is 27.3 Å². The molecule has 0 heterocycles. The van der Waals surface area contributed by atoms with Crippen molar-refractivity contribution in [2.45, 2.75) is 19.8 Å². The van der Waals surface area contributed by atoms with Gasteiger partial charge in [-0.2, -0.15) is 0 Å². The SMILES string of the molecule is CCNCCCCS(=O)(=O)Nc1cccc(Cl)c1F. The Bertz CT molecular complexity index is 508. The van der Waals surface area contributed by atoms with Crippen molar-refractivity contribution in [2.24, 2.45) is 0 Å². The summed E-state index contributed by atoms with van der Waals surface area (Å²) in [7, 11) is -3.54. The highest BCUT2D eigenvalue weighted by molar-refractivity contribution is 7.92. The topological polar surface area (TPSA) is 58.2 Å². The molecule has 0 amide bonds. The monoisotopic (exact) mass is 308 g/mol. The molecule has 0 aliphatic carbocycles. The van der Waals surface area contributed by atoms with Gasteiger partial charge in [-0.05, 0) is 38.1 Å². The molecule has 0 saturated carbocycles. The minimum absolute atomic E-state index is 0.0374. The van der Waals surface area contributed by atoms with Crippen molar-refractivity contribution < 1.29 is 12.8 Å². The Balaban J connectivity index is 2.52. The molecule has 0 unspecified atom stereocenters. The maximum absolute atomic E-state index is 13.6. The summed E-state index contributed by atoms with van der Waals surface area (Å²) in [6, 6.07) is 4.21. The molecule has 0 spiro atoms. The molecule has 1 aromatic rings. The molecule has 0 fully saturated rings. The number of hydrogen-bond acceptors (Lipinski definition) is 3. The molecule has 0 saturated heterocycles. The summed E-state index contributed by atoms with van der Waals surface area (Å²) in [6.45, 7) is 3.62. The highest BCUT2D eigenvalue weighted by atomic mass is 35.5. The van der Waals surface area contributed by atoms with Crippen LogP contribution in [0.5, 0.6) is 0 Å². The van der Waals surface area contributed by atoms with Crippen LogP contribution in [0.1, 0.15) is 19.8 Å². The fourth-order valence-corrected chi connectivity index (χ4v) is 2.87. The summed E-state index contributed by atoms with van der Waals surface area (Å²) in [5.41, 5.74) is -0.112. The number of hydrogen-bond donors (Lipinski definition) is 2. The van der Waals surface area contributed by atoms with Gasteiger partial charge in [0.1, 0.15) is 0 Å². The van der Waals surface area contributed by atoms with Crippen LogP contribution in [0.25, 0.3) is 0 Å². The molecular weight excluding hydrogens is 291 g/mol. The highest BCUT2D eigenvalue weighted by Gasteiger charge is 2.14.